The molecule has 1 aliphatic rings. The Morgan fingerprint density at radius 2 is 2.00 bits per heavy atom. The largest absolute Gasteiger partial charge is 0.352 e. The van der Waals surface area contributed by atoms with Gasteiger partial charge in [-0.1, -0.05) is 30.3 Å². The molecule has 1 fully saturated rings. The van der Waals surface area contributed by atoms with Gasteiger partial charge in [-0.05, 0) is 49.9 Å². The first kappa shape index (κ1) is 20.9. The molecule has 0 radical (unpaired) electrons. The van der Waals surface area contributed by atoms with E-state index in [1.807, 2.05) is 38.1 Å². The average molecular weight is 445 g/mol. The lowest BCUT2D eigenvalue weighted by atomic mass is 9.82. The highest BCUT2D eigenvalue weighted by atomic mass is 32.2. The van der Waals surface area contributed by atoms with Gasteiger partial charge in [-0.15, -0.1) is 0 Å². The highest BCUT2D eigenvalue weighted by Gasteiger charge is 2.42. The lowest BCUT2D eigenvalue weighted by Gasteiger charge is -2.38. The molecule has 1 aromatic heterocycles. The number of nitrogens with one attached hydrogen (secondary N) is 1. The van der Waals surface area contributed by atoms with Crippen molar-refractivity contribution in [2.24, 2.45) is 5.41 Å². The Hall–Kier alpha value is -2.36. The number of aromatic nitrogens is 2. The van der Waals surface area contributed by atoms with Crippen LogP contribution in [0, 0.1) is 12.3 Å². The quantitative estimate of drug-likeness (QED) is 0.653. The maximum atomic E-state index is 13.4. The molecule has 3 aromatic rings. The minimum absolute atomic E-state index is 0.126. The Labute approximate surface area is 180 Å². The number of rotatable bonds is 5. The predicted molar refractivity (Wildman–Crippen MR) is 117 cm³/mol. The third-order valence-corrected chi connectivity index (χ3v) is 8.20. The van der Waals surface area contributed by atoms with Gasteiger partial charge in [0.15, 0.2) is 0 Å². The van der Waals surface area contributed by atoms with Crippen molar-refractivity contribution in [3.63, 3.8) is 0 Å². The van der Waals surface area contributed by atoms with Gasteiger partial charge >= 0.3 is 0 Å². The molecule has 9 heteroatoms. The maximum Gasteiger partial charge on any atom is 0.245 e. The van der Waals surface area contributed by atoms with Crippen LogP contribution in [0.15, 0.2) is 47.4 Å². The standard InChI is InChI=1S/C21H24N4O3S2/c1-15-7-3-4-8-16(15)13-22-20(26)21(2)11-6-12-25(14-21)30(27,28)18-10-5-9-17-19(18)24-29-23-17/h3-5,7-10H,6,11-14H2,1-2H3,(H,22,26)/t21-/m0/s1. The predicted octanol–water partition coefficient (Wildman–Crippen LogP) is 3.11. The topological polar surface area (TPSA) is 92.3 Å². The third kappa shape index (κ3) is 3.84. The molecule has 4 rings (SSSR count). The van der Waals surface area contributed by atoms with E-state index in [2.05, 4.69) is 14.1 Å². The Kier molecular flexibility index (Phi) is 5.61. The maximum absolute atomic E-state index is 13.4. The fourth-order valence-electron chi connectivity index (χ4n) is 3.91. The fourth-order valence-corrected chi connectivity index (χ4v) is 6.26. The fraction of sp³-hybridized carbons (Fsp3) is 0.381. The van der Waals surface area contributed by atoms with Crippen molar-refractivity contribution in [1.82, 2.24) is 18.4 Å². The van der Waals surface area contributed by atoms with Crippen LogP contribution in [0.2, 0.25) is 0 Å². The summed E-state index contributed by atoms with van der Waals surface area (Å²) in [5.74, 6) is -0.126. The van der Waals surface area contributed by atoms with Gasteiger partial charge in [0, 0.05) is 19.6 Å². The number of amides is 1. The number of hydrogen-bond acceptors (Lipinski definition) is 6. The second-order valence-corrected chi connectivity index (χ2v) is 10.4. The molecule has 7 nitrogen and oxygen atoms in total. The van der Waals surface area contributed by atoms with E-state index in [1.54, 1.807) is 18.2 Å². The lowest BCUT2D eigenvalue weighted by Crippen LogP contribution is -2.51. The SMILES string of the molecule is Cc1ccccc1CNC(=O)[C@@]1(C)CCCN(S(=O)(=O)c2cccc3nsnc23)C1. The zero-order chi connectivity index (χ0) is 21.4. The molecule has 1 saturated heterocycles. The van der Waals surface area contributed by atoms with Crippen LogP contribution in [0.4, 0.5) is 0 Å². The van der Waals surface area contributed by atoms with Gasteiger partial charge in [0.1, 0.15) is 15.9 Å². The summed E-state index contributed by atoms with van der Waals surface area (Å²) in [6, 6.07) is 12.9. The number of nitrogens with zero attached hydrogens (tertiary/aromatic N) is 3. The van der Waals surface area contributed by atoms with E-state index in [-0.39, 0.29) is 17.3 Å². The van der Waals surface area contributed by atoms with Crippen LogP contribution >= 0.6 is 11.7 Å². The summed E-state index contributed by atoms with van der Waals surface area (Å²) < 4.78 is 36.5. The molecule has 30 heavy (non-hydrogen) atoms. The molecule has 2 heterocycles. The van der Waals surface area contributed by atoms with Gasteiger partial charge in [-0.25, -0.2) is 8.42 Å². The number of aryl methyl sites for hydroxylation is 1. The van der Waals surface area contributed by atoms with E-state index < -0.39 is 15.4 Å². The highest BCUT2D eigenvalue weighted by molar-refractivity contribution is 7.89. The van der Waals surface area contributed by atoms with Crippen LogP contribution in [0.25, 0.3) is 11.0 Å². The van der Waals surface area contributed by atoms with E-state index in [9.17, 15) is 13.2 Å². The van der Waals surface area contributed by atoms with Crippen molar-refractivity contribution in [3.8, 4) is 0 Å². The van der Waals surface area contributed by atoms with Crippen molar-refractivity contribution < 1.29 is 13.2 Å². The zero-order valence-electron chi connectivity index (χ0n) is 17.0. The molecule has 2 aromatic carbocycles. The van der Waals surface area contributed by atoms with Crippen LogP contribution in [0.5, 0.6) is 0 Å². The average Bonchev–Trinajstić information content (AvgIpc) is 3.21. The van der Waals surface area contributed by atoms with Crippen molar-refractivity contribution >= 4 is 38.7 Å². The molecule has 0 bridgehead atoms. The number of piperidine rings is 1. The van der Waals surface area contributed by atoms with E-state index >= 15 is 0 Å². The van der Waals surface area contributed by atoms with E-state index in [4.69, 9.17) is 0 Å². The highest BCUT2D eigenvalue weighted by Crippen LogP contribution is 2.34. The summed E-state index contributed by atoms with van der Waals surface area (Å²) >= 11 is 0.993. The molecule has 0 unspecified atom stereocenters. The van der Waals surface area contributed by atoms with Crippen LogP contribution in [0.3, 0.4) is 0 Å². The van der Waals surface area contributed by atoms with Crippen LogP contribution in [0.1, 0.15) is 30.9 Å². The molecule has 1 aliphatic heterocycles. The van der Waals surface area contributed by atoms with E-state index in [1.165, 1.54) is 4.31 Å². The van der Waals surface area contributed by atoms with E-state index in [0.29, 0.717) is 37.0 Å². The molecule has 158 valence electrons. The monoisotopic (exact) mass is 444 g/mol. The number of carbonyl (C=O) groups excluding carboxylic acids is 1. The lowest BCUT2D eigenvalue weighted by molar-refractivity contribution is -0.132. The van der Waals surface area contributed by atoms with Gasteiger partial charge in [0.2, 0.25) is 15.9 Å². The van der Waals surface area contributed by atoms with Crippen molar-refractivity contribution in [2.75, 3.05) is 13.1 Å². The Morgan fingerprint density at radius 3 is 2.80 bits per heavy atom. The molecule has 1 N–H and O–H groups in total. The summed E-state index contributed by atoms with van der Waals surface area (Å²) in [4.78, 5) is 13.2. The molecular formula is C21H24N4O3S2. The first-order valence-corrected chi connectivity index (χ1v) is 12.0. The van der Waals surface area contributed by atoms with Crippen molar-refractivity contribution in [1.29, 1.82) is 0 Å². The molecule has 1 amide bonds. The van der Waals surface area contributed by atoms with Crippen molar-refractivity contribution in [3.05, 3.63) is 53.6 Å². The number of benzene rings is 2. The second-order valence-electron chi connectivity index (χ2n) is 8.00. The van der Waals surface area contributed by atoms with Gasteiger partial charge < -0.3 is 5.32 Å². The number of fused-ring (bicyclic) bond motifs is 1. The van der Waals surface area contributed by atoms with Gasteiger partial charge in [0.05, 0.1) is 17.1 Å². The third-order valence-electron chi connectivity index (χ3n) is 5.78. The van der Waals surface area contributed by atoms with Crippen LogP contribution in [-0.2, 0) is 21.4 Å². The summed E-state index contributed by atoms with van der Waals surface area (Å²) in [7, 11) is -3.78. The molecule has 0 saturated carbocycles. The Bertz CT molecular complexity index is 1190. The summed E-state index contributed by atoms with van der Waals surface area (Å²) in [5, 5.41) is 3.01. The van der Waals surface area contributed by atoms with Gasteiger partial charge in [0.25, 0.3) is 0 Å². The molecule has 0 spiro atoms. The first-order valence-electron chi connectivity index (χ1n) is 9.85. The zero-order valence-corrected chi connectivity index (χ0v) is 18.6. The summed E-state index contributed by atoms with van der Waals surface area (Å²) in [6.07, 6.45) is 1.26. The molecular weight excluding hydrogens is 420 g/mol. The van der Waals surface area contributed by atoms with E-state index in [0.717, 1.165) is 22.9 Å². The van der Waals surface area contributed by atoms with Gasteiger partial charge in [-0.2, -0.15) is 13.1 Å². The molecule has 1 atom stereocenters. The number of carbonyl (C=O) groups is 1. The number of sulfonamides is 1. The minimum atomic E-state index is -3.78. The van der Waals surface area contributed by atoms with Crippen molar-refractivity contribution in [2.45, 2.75) is 38.1 Å². The van der Waals surface area contributed by atoms with Crippen LogP contribution < -0.4 is 5.32 Å². The first-order chi connectivity index (χ1) is 14.3. The Morgan fingerprint density at radius 1 is 1.20 bits per heavy atom. The minimum Gasteiger partial charge on any atom is -0.352 e. The normalized spacial score (nSPS) is 20.3. The molecule has 0 aliphatic carbocycles. The Balaban J connectivity index is 1.54. The second kappa shape index (κ2) is 8.05. The van der Waals surface area contributed by atoms with Gasteiger partial charge in [-0.3, -0.25) is 4.79 Å². The number of hydrogen-bond donors (Lipinski definition) is 1. The van der Waals surface area contributed by atoms with Crippen LogP contribution in [-0.4, -0.2) is 40.5 Å². The summed E-state index contributed by atoms with van der Waals surface area (Å²) in [6.45, 7) is 4.80. The summed E-state index contributed by atoms with van der Waals surface area (Å²) in [5.41, 5.74) is 2.33. The smallest absolute Gasteiger partial charge is 0.245 e.